The van der Waals surface area contributed by atoms with Crippen molar-refractivity contribution in [3.8, 4) is 11.8 Å². The van der Waals surface area contributed by atoms with Gasteiger partial charge in [-0.05, 0) is 6.42 Å². The maximum atomic E-state index is 12.5. The third kappa shape index (κ3) is 2.49. The number of carbonyl (C=O) groups excluding carboxylic acids is 1. The molecule has 0 bridgehead atoms. The minimum atomic E-state index is -0.899. The van der Waals surface area contributed by atoms with Gasteiger partial charge in [-0.1, -0.05) is 0 Å². The number of nitrogens with zero attached hydrogens (tertiary/aromatic N) is 3. The molecule has 1 fully saturated rings. The topological polar surface area (TPSA) is 102 Å². The maximum Gasteiger partial charge on any atom is 0.308 e. The Balaban J connectivity index is 2.28. The predicted molar refractivity (Wildman–Crippen MR) is 66.8 cm³/mol. The van der Waals surface area contributed by atoms with E-state index in [1.54, 1.807) is 0 Å². The lowest BCUT2D eigenvalue weighted by molar-refractivity contribution is -0.141. The largest absolute Gasteiger partial charge is 0.481 e. The molecule has 0 spiro atoms. The number of likely N-dealkylation sites (tertiary alicyclic amines) is 1. The molecule has 8 heteroatoms. The van der Waals surface area contributed by atoms with Crippen molar-refractivity contribution in [2.45, 2.75) is 6.42 Å². The maximum absolute atomic E-state index is 12.5. The van der Waals surface area contributed by atoms with Gasteiger partial charge in [-0.15, -0.1) is 0 Å². The molecular formula is C12H15N3O5. The van der Waals surface area contributed by atoms with Crippen LogP contribution in [0.2, 0.25) is 0 Å². The lowest BCUT2D eigenvalue weighted by Crippen LogP contribution is -2.31. The monoisotopic (exact) mass is 281 g/mol. The number of rotatable bonds is 4. The number of carboxylic acids is 1. The molecule has 1 aromatic rings. The molecule has 0 radical (unpaired) electrons. The van der Waals surface area contributed by atoms with Gasteiger partial charge in [0.25, 0.3) is 5.91 Å². The van der Waals surface area contributed by atoms with Crippen LogP contribution in [-0.4, -0.2) is 59.2 Å². The Bertz CT molecular complexity index is 512. The van der Waals surface area contributed by atoms with Crippen LogP contribution in [0.4, 0.5) is 0 Å². The second-order valence-corrected chi connectivity index (χ2v) is 4.34. The average molecular weight is 281 g/mol. The number of hydrogen-bond acceptors (Lipinski definition) is 6. The molecule has 1 atom stereocenters. The molecule has 8 nitrogen and oxygen atoms in total. The van der Waals surface area contributed by atoms with E-state index >= 15 is 0 Å². The molecular weight excluding hydrogens is 266 g/mol. The summed E-state index contributed by atoms with van der Waals surface area (Å²) < 4.78 is 10.1. The second-order valence-electron chi connectivity index (χ2n) is 4.34. The second kappa shape index (κ2) is 5.72. The lowest BCUT2D eigenvalue weighted by Gasteiger charge is -2.18. The Kier molecular flexibility index (Phi) is 4.02. The fraction of sp³-hybridized carbons (Fsp3) is 0.500. The summed E-state index contributed by atoms with van der Waals surface area (Å²) in [7, 11) is 2.78. The Morgan fingerprint density at radius 3 is 2.35 bits per heavy atom. The van der Waals surface area contributed by atoms with Crippen molar-refractivity contribution in [3.05, 3.63) is 11.9 Å². The summed E-state index contributed by atoms with van der Waals surface area (Å²) >= 11 is 0. The van der Waals surface area contributed by atoms with E-state index in [9.17, 15) is 9.59 Å². The summed E-state index contributed by atoms with van der Waals surface area (Å²) in [5, 5.41) is 8.97. The van der Waals surface area contributed by atoms with E-state index in [0.717, 1.165) is 0 Å². The highest BCUT2D eigenvalue weighted by molar-refractivity contribution is 5.99. The van der Waals surface area contributed by atoms with Crippen molar-refractivity contribution in [1.29, 1.82) is 0 Å². The Labute approximate surface area is 115 Å². The molecule has 20 heavy (non-hydrogen) atoms. The molecule has 1 aliphatic heterocycles. The Hall–Kier alpha value is -2.38. The van der Waals surface area contributed by atoms with Crippen LogP contribution < -0.4 is 9.47 Å². The van der Waals surface area contributed by atoms with Gasteiger partial charge in [-0.2, -0.15) is 0 Å². The summed E-state index contributed by atoms with van der Waals surface area (Å²) in [5.74, 6) is -1.60. The average Bonchev–Trinajstić information content (AvgIpc) is 2.95. The molecule has 0 saturated carbocycles. The molecule has 1 aliphatic rings. The van der Waals surface area contributed by atoms with Gasteiger partial charge in [0.1, 0.15) is 6.33 Å². The molecule has 108 valence electrons. The van der Waals surface area contributed by atoms with Crippen LogP contribution in [-0.2, 0) is 4.79 Å². The highest BCUT2D eigenvalue weighted by atomic mass is 16.5. The number of ether oxygens (including phenoxy) is 2. The summed E-state index contributed by atoms with van der Waals surface area (Å²) in [4.78, 5) is 32.6. The van der Waals surface area contributed by atoms with E-state index in [1.165, 1.54) is 25.4 Å². The standard InChI is InChI=1S/C12H15N3O5/c1-19-9-8(10(20-2)14-6-13-9)11(16)15-4-3-7(5-15)12(17)18/h6-7H,3-5H2,1-2H3,(H,17,18). The SMILES string of the molecule is COc1ncnc(OC)c1C(=O)N1CCC(C(=O)O)C1. The van der Waals surface area contributed by atoms with Crippen molar-refractivity contribution in [1.82, 2.24) is 14.9 Å². The number of aromatic nitrogens is 2. The van der Waals surface area contributed by atoms with Crippen LogP contribution in [0.15, 0.2) is 6.33 Å². The zero-order chi connectivity index (χ0) is 14.7. The summed E-state index contributed by atoms with van der Waals surface area (Å²) in [5.41, 5.74) is 0.114. The van der Waals surface area contributed by atoms with Gasteiger partial charge in [-0.3, -0.25) is 9.59 Å². The smallest absolute Gasteiger partial charge is 0.308 e. The quantitative estimate of drug-likeness (QED) is 0.831. The fourth-order valence-electron chi connectivity index (χ4n) is 2.15. The Morgan fingerprint density at radius 1 is 1.30 bits per heavy atom. The number of hydrogen-bond donors (Lipinski definition) is 1. The van der Waals surface area contributed by atoms with Gasteiger partial charge >= 0.3 is 5.97 Å². The van der Waals surface area contributed by atoms with Gasteiger partial charge in [0.2, 0.25) is 11.8 Å². The minimum absolute atomic E-state index is 0.112. The van der Waals surface area contributed by atoms with Crippen LogP contribution in [0, 0.1) is 5.92 Å². The van der Waals surface area contributed by atoms with Gasteiger partial charge < -0.3 is 19.5 Å². The first kappa shape index (κ1) is 14.0. The zero-order valence-corrected chi connectivity index (χ0v) is 11.2. The Morgan fingerprint density at radius 2 is 1.90 bits per heavy atom. The van der Waals surface area contributed by atoms with Crippen molar-refractivity contribution in [2.24, 2.45) is 5.92 Å². The molecule has 2 rings (SSSR count). The number of amides is 1. The first-order chi connectivity index (χ1) is 9.58. The summed E-state index contributed by atoms with van der Waals surface area (Å²) in [6, 6.07) is 0. The van der Waals surface area contributed by atoms with E-state index in [1.807, 2.05) is 0 Å². The third-order valence-corrected chi connectivity index (χ3v) is 3.20. The lowest BCUT2D eigenvalue weighted by atomic mass is 10.1. The van der Waals surface area contributed by atoms with Crippen molar-refractivity contribution in [3.63, 3.8) is 0 Å². The van der Waals surface area contributed by atoms with Crippen molar-refractivity contribution >= 4 is 11.9 Å². The molecule has 1 amide bonds. The van der Waals surface area contributed by atoms with Gasteiger partial charge in [0, 0.05) is 13.1 Å². The molecule has 1 N–H and O–H groups in total. The fourth-order valence-corrected chi connectivity index (χ4v) is 2.15. The van der Waals surface area contributed by atoms with Gasteiger partial charge in [-0.25, -0.2) is 9.97 Å². The third-order valence-electron chi connectivity index (χ3n) is 3.20. The predicted octanol–water partition coefficient (Wildman–Crippen LogP) is 0.0405. The highest BCUT2D eigenvalue weighted by Crippen LogP contribution is 2.27. The van der Waals surface area contributed by atoms with E-state index in [-0.39, 0.29) is 29.8 Å². The van der Waals surface area contributed by atoms with Crippen molar-refractivity contribution < 1.29 is 24.2 Å². The normalized spacial score (nSPS) is 17.9. The molecule has 1 saturated heterocycles. The van der Waals surface area contributed by atoms with Crippen LogP contribution in [0.5, 0.6) is 11.8 Å². The molecule has 1 aromatic heterocycles. The van der Waals surface area contributed by atoms with Crippen LogP contribution in [0.25, 0.3) is 0 Å². The van der Waals surface area contributed by atoms with E-state index in [2.05, 4.69) is 9.97 Å². The molecule has 0 aliphatic carbocycles. The number of carbonyl (C=O) groups is 2. The van der Waals surface area contributed by atoms with E-state index in [4.69, 9.17) is 14.6 Å². The van der Waals surface area contributed by atoms with Gasteiger partial charge in [0.05, 0.1) is 20.1 Å². The molecule has 0 aromatic carbocycles. The summed E-state index contributed by atoms with van der Waals surface area (Å²) in [6.07, 6.45) is 1.66. The molecule has 2 heterocycles. The first-order valence-corrected chi connectivity index (χ1v) is 6.03. The van der Waals surface area contributed by atoms with E-state index < -0.39 is 11.9 Å². The number of carboxylic acid groups (broad SMARTS) is 1. The highest BCUT2D eigenvalue weighted by Gasteiger charge is 2.34. The summed E-state index contributed by atoms with van der Waals surface area (Å²) in [6.45, 7) is 0.534. The number of methoxy groups -OCH3 is 2. The van der Waals surface area contributed by atoms with Crippen LogP contribution in [0.1, 0.15) is 16.8 Å². The van der Waals surface area contributed by atoms with Crippen LogP contribution in [0.3, 0.4) is 0 Å². The van der Waals surface area contributed by atoms with Crippen LogP contribution >= 0.6 is 0 Å². The van der Waals surface area contributed by atoms with Gasteiger partial charge in [0.15, 0.2) is 5.56 Å². The number of aliphatic carboxylic acids is 1. The van der Waals surface area contributed by atoms with E-state index in [0.29, 0.717) is 13.0 Å². The van der Waals surface area contributed by atoms with Crippen molar-refractivity contribution in [2.75, 3.05) is 27.3 Å². The first-order valence-electron chi connectivity index (χ1n) is 6.03. The zero-order valence-electron chi connectivity index (χ0n) is 11.2. The minimum Gasteiger partial charge on any atom is -0.481 e. The molecule has 1 unspecified atom stereocenters.